The Kier molecular flexibility index (Phi) is 6.69. The first-order valence-electron chi connectivity index (χ1n) is 7.21. The van der Waals surface area contributed by atoms with Crippen molar-refractivity contribution >= 4 is 5.91 Å². The van der Waals surface area contributed by atoms with Crippen molar-refractivity contribution in [1.29, 1.82) is 0 Å². The van der Waals surface area contributed by atoms with Crippen LogP contribution in [0, 0.1) is 11.8 Å². The molecule has 0 radical (unpaired) electrons. The number of hydrogen-bond acceptors (Lipinski definition) is 2. The Morgan fingerprint density at radius 1 is 1.37 bits per heavy atom. The Labute approximate surface area is 114 Å². The number of rotatable bonds is 6. The Morgan fingerprint density at radius 3 is 2.58 bits per heavy atom. The normalized spacial score (nSPS) is 24.3. The zero-order valence-electron chi connectivity index (χ0n) is 12.2. The lowest BCUT2D eigenvalue weighted by Crippen LogP contribution is -2.52. The fourth-order valence-electron chi connectivity index (χ4n) is 2.59. The van der Waals surface area contributed by atoms with Crippen molar-refractivity contribution in [2.24, 2.45) is 11.8 Å². The number of carbonyl (C=O) groups excluding carboxylic acids is 1. The molecule has 1 saturated heterocycles. The summed E-state index contributed by atoms with van der Waals surface area (Å²) in [7, 11) is 0. The van der Waals surface area contributed by atoms with Gasteiger partial charge in [-0.05, 0) is 18.3 Å². The standard InChI is InChI=1S/C14H26F2N2O/c1-4-11-6-12(17-7-13(15)16)9-18(8-11)14(19)5-10(2)3/h10-13,17H,4-9H2,1-3H3. The monoisotopic (exact) mass is 276 g/mol. The van der Waals surface area contributed by atoms with Gasteiger partial charge in [0.25, 0.3) is 6.43 Å². The Hall–Kier alpha value is -0.710. The molecule has 1 rings (SSSR count). The second kappa shape index (κ2) is 7.78. The molecule has 2 atom stereocenters. The number of piperidine rings is 1. The fourth-order valence-corrected chi connectivity index (χ4v) is 2.59. The van der Waals surface area contributed by atoms with Crippen molar-refractivity contribution < 1.29 is 13.6 Å². The molecule has 1 amide bonds. The molecule has 0 spiro atoms. The van der Waals surface area contributed by atoms with Crippen molar-refractivity contribution in [3.05, 3.63) is 0 Å². The van der Waals surface area contributed by atoms with Crippen LogP contribution >= 0.6 is 0 Å². The zero-order chi connectivity index (χ0) is 14.4. The second-order valence-electron chi connectivity index (χ2n) is 5.90. The van der Waals surface area contributed by atoms with Crippen molar-refractivity contribution in [3.63, 3.8) is 0 Å². The van der Waals surface area contributed by atoms with Crippen LogP contribution in [0.3, 0.4) is 0 Å². The summed E-state index contributed by atoms with van der Waals surface area (Å²) in [5.74, 6) is 0.902. The van der Waals surface area contributed by atoms with Crippen LogP contribution in [0.2, 0.25) is 0 Å². The van der Waals surface area contributed by atoms with Crippen LogP contribution in [0.5, 0.6) is 0 Å². The molecule has 0 aromatic carbocycles. The Bertz CT molecular complexity index is 285. The van der Waals surface area contributed by atoms with Crippen LogP contribution in [0.1, 0.15) is 40.0 Å². The third-order valence-corrected chi connectivity index (χ3v) is 3.61. The van der Waals surface area contributed by atoms with E-state index in [1.54, 1.807) is 0 Å². The topological polar surface area (TPSA) is 32.3 Å². The van der Waals surface area contributed by atoms with E-state index in [9.17, 15) is 13.6 Å². The Morgan fingerprint density at radius 2 is 2.05 bits per heavy atom. The first-order valence-corrected chi connectivity index (χ1v) is 7.21. The molecule has 0 aromatic rings. The predicted octanol–water partition coefficient (Wildman–Crippen LogP) is 2.51. The number of likely N-dealkylation sites (tertiary alicyclic amines) is 1. The zero-order valence-corrected chi connectivity index (χ0v) is 12.2. The summed E-state index contributed by atoms with van der Waals surface area (Å²) in [6.45, 7) is 7.18. The molecule has 1 fully saturated rings. The fraction of sp³-hybridized carbons (Fsp3) is 0.929. The molecule has 0 bridgehead atoms. The maximum Gasteiger partial charge on any atom is 0.250 e. The number of carbonyl (C=O) groups is 1. The van der Waals surface area contributed by atoms with Crippen LogP contribution in [0.15, 0.2) is 0 Å². The van der Waals surface area contributed by atoms with E-state index in [4.69, 9.17) is 0 Å². The highest BCUT2D eigenvalue weighted by molar-refractivity contribution is 5.76. The molecule has 0 saturated carbocycles. The van der Waals surface area contributed by atoms with Crippen LogP contribution in [0.4, 0.5) is 8.78 Å². The molecular formula is C14H26F2N2O. The van der Waals surface area contributed by atoms with Crippen molar-refractivity contribution in [3.8, 4) is 0 Å². The highest BCUT2D eigenvalue weighted by Gasteiger charge is 2.29. The lowest BCUT2D eigenvalue weighted by Gasteiger charge is -2.38. The maximum absolute atomic E-state index is 12.3. The third kappa shape index (κ3) is 5.85. The van der Waals surface area contributed by atoms with Gasteiger partial charge < -0.3 is 10.2 Å². The summed E-state index contributed by atoms with van der Waals surface area (Å²) in [6.07, 6.45) is 0.0761. The molecule has 19 heavy (non-hydrogen) atoms. The van der Waals surface area contributed by atoms with Crippen LogP contribution < -0.4 is 5.32 Å². The van der Waals surface area contributed by atoms with Crippen molar-refractivity contribution in [2.45, 2.75) is 52.5 Å². The summed E-state index contributed by atoms with van der Waals surface area (Å²) >= 11 is 0. The minimum atomic E-state index is -2.33. The molecule has 0 aromatic heterocycles. The van der Waals surface area contributed by atoms with Gasteiger partial charge in [0.15, 0.2) is 0 Å². The lowest BCUT2D eigenvalue weighted by atomic mass is 9.91. The van der Waals surface area contributed by atoms with E-state index in [1.807, 2.05) is 18.7 Å². The van der Waals surface area contributed by atoms with E-state index in [1.165, 1.54) is 0 Å². The molecule has 1 heterocycles. The Balaban J connectivity index is 2.54. The van der Waals surface area contributed by atoms with E-state index in [0.717, 1.165) is 19.4 Å². The molecule has 5 heteroatoms. The predicted molar refractivity (Wildman–Crippen MR) is 72.2 cm³/mol. The summed E-state index contributed by atoms with van der Waals surface area (Å²) in [6, 6.07) is 0.00353. The van der Waals surface area contributed by atoms with Gasteiger partial charge in [0.05, 0.1) is 6.54 Å². The highest BCUT2D eigenvalue weighted by Crippen LogP contribution is 2.21. The highest BCUT2D eigenvalue weighted by atomic mass is 19.3. The van der Waals surface area contributed by atoms with Gasteiger partial charge in [0.2, 0.25) is 5.91 Å². The van der Waals surface area contributed by atoms with E-state index in [2.05, 4.69) is 12.2 Å². The average molecular weight is 276 g/mol. The van der Waals surface area contributed by atoms with E-state index in [0.29, 0.717) is 24.8 Å². The number of amides is 1. The van der Waals surface area contributed by atoms with Gasteiger partial charge in [0, 0.05) is 25.6 Å². The first-order chi connectivity index (χ1) is 8.92. The van der Waals surface area contributed by atoms with Gasteiger partial charge in [-0.2, -0.15) is 0 Å². The number of hydrogen-bond donors (Lipinski definition) is 1. The quantitative estimate of drug-likeness (QED) is 0.808. The van der Waals surface area contributed by atoms with Gasteiger partial charge in [0.1, 0.15) is 0 Å². The number of alkyl halides is 2. The third-order valence-electron chi connectivity index (χ3n) is 3.61. The lowest BCUT2D eigenvalue weighted by molar-refractivity contribution is -0.134. The molecule has 1 aliphatic heterocycles. The molecular weight excluding hydrogens is 250 g/mol. The number of nitrogens with one attached hydrogen (secondary N) is 1. The largest absolute Gasteiger partial charge is 0.341 e. The van der Waals surface area contributed by atoms with Crippen LogP contribution in [-0.2, 0) is 4.79 Å². The van der Waals surface area contributed by atoms with Crippen molar-refractivity contribution in [2.75, 3.05) is 19.6 Å². The average Bonchev–Trinajstić information content (AvgIpc) is 2.35. The molecule has 0 aliphatic carbocycles. The summed E-state index contributed by atoms with van der Waals surface area (Å²) in [5.41, 5.74) is 0. The molecule has 1 aliphatic rings. The van der Waals surface area contributed by atoms with Gasteiger partial charge in [-0.25, -0.2) is 8.78 Å². The molecule has 1 N–H and O–H groups in total. The van der Waals surface area contributed by atoms with Crippen LogP contribution in [0.25, 0.3) is 0 Å². The number of nitrogens with zero attached hydrogens (tertiary/aromatic N) is 1. The second-order valence-corrected chi connectivity index (χ2v) is 5.90. The summed E-state index contributed by atoms with van der Waals surface area (Å²) < 4.78 is 24.5. The van der Waals surface area contributed by atoms with Crippen LogP contribution in [-0.4, -0.2) is 42.9 Å². The minimum absolute atomic E-state index is 0.00353. The first kappa shape index (κ1) is 16.3. The van der Waals surface area contributed by atoms with Gasteiger partial charge in [-0.3, -0.25) is 4.79 Å². The smallest absolute Gasteiger partial charge is 0.250 e. The van der Waals surface area contributed by atoms with E-state index >= 15 is 0 Å². The molecule has 3 nitrogen and oxygen atoms in total. The van der Waals surface area contributed by atoms with Crippen molar-refractivity contribution in [1.82, 2.24) is 10.2 Å². The van der Waals surface area contributed by atoms with Gasteiger partial charge in [-0.15, -0.1) is 0 Å². The maximum atomic E-state index is 12.3. The van der Waals surface area contributed by atoms with Gasteiger partial charge >= 0.3 is 0 Å². The van der Waals surface area contributed by atoms with Gasteiger partial charge in [-0.1, -0.05) is 27.2 Å². The summed E-state index contributed by atoms with van der Waals surface area (Å²) in [5, 5.41) is 2.88. The SMILES string of the molecule is CCC1CC(NCC(F)F)CN(C(=O)CC(C)C)C1. The van der Waals surface area contributed by atoms with E-state index < -0.39 is 6.43 Å². The molecule has 2 unspecified atom stereocenters. The summed E-state index contributed by atoms with van der Waals surface area (Å²) in [4.78, 5) is 14.0. The minimum Gasteiger partial charge on any atom is -0.341 e. The van der Waals surface area contributed by atoms with E-state index in [-0.39, 0.29) is 18.5 Å². The molecule has 112 valence electrons. The number of halogens is 2.